The summed E-state index contributed by atoms with van der Waals surface area (Å²) in [6, 6.07) is 11.2. The van der Waals surface area contributed by atoms with Crippen molar-refractivity contribution < 1.29 is 13.9 Å². The summed E-state index contributed by atoms with van der Waals surface area (Å²) in [7, 11) is 0. The van der Waals surface area contributed by atoms with Crippen LogP contribution in [0.3, 0.4) is 0 Å². The molecule has 4 nitrogen and oxygen atoms in total. The minimum atomic E-state index is -0.173. The van der Waals surface area contributed by atoms with Gasteiger partial charge in [0, 0.05) is 0 Å². The van der Waals surface area contributed by atoms with Crippen LogP contribution in [0.25, 0.3) is 0 Å². The van der Waals surface area contributed by atoms with Gasteiger partial charge in [-0.1, -0.05) is 19.1 Å². The first-order valence-electron chi connectivity index (χ1n) is 6.73. The van der Waals surface area contributed by atoms with Crippen molar-refractivity contribution in [2.75, 3.05) is 6.61 Å². The zero-order valence-corrected chi connectivity index (χ0v) is 11.8. The standard InChI is InChI=1S/C16H19NO3/c1-3-13-6-8-14(9-7-13)20-11-16(18)17-12(2)15-5-4-10-19-15/h4-10,12H,3,11H2,1-2H3,(H,17,18)/t12-/m0/s1. The highest BCUT2D eigenvalue weighted by Gasteiger charge is 2.11. The number of hydrogen-bond donors (Lipinski definition) is 1. The first-order chi connectivity index (χ1) is 9.69. The molecule has 1 atom stereocenters. The van der Waals surface area contributed by atoms with Crippen LogP contribution >= 0.6 is 0 Å². The number of benzene rings is 1. The Bertz CT molecular complexity index is 531. The molecule has 0 radical (unpaired) electrons. The molecule has 0 bridgehead atoms. The topological polar surface area (TPSA) is 51.5 Å². The molecule has 2 rings (SSSR count). The largest absolute Gasteiger partial charge is 0.484 e. The van der Waals surface area contributed by atoms with E-state index in [2.05, 4.69) is 12.2 Å². The SMILES string of the molecule is CCc1ccc(OCC(=O)N[C@@H](C)c2ccco2)cc1. The number of aryl methyl sites for hydroxylation is 1. The molecule has 1 aromatic heterocycles. The van der Waals surface area contributed by atoms with Gasteiger partial charge in [0.15, 0.2) is 6.61 Å². The van der Waals surface area contributed by atoms with Crippen LogP contribution in [-0.4, -0.2) is 12.5 Å². The van der Waals surface area contributed by atoms with Crippen molar-refractivity contribution >= 4 is 5.91 Å². The number of amides is 1. The van der Waals surface area contributed by atoms with Gasteiger partial charge in [-0.3, -0.25) is 4.79 Å². The molecule has 0 fully saturated rings. The minimum absolute atomic E-state index is 0.00345. The summed E-state index contributed by atoms with van der Waals surface area (Å²) in [5.41, 5.74) is 1.24. The van der Waals surface area contributed by atoms with E-state index in [0.717, 1.165) is 12.2 Å². The zero-order chi connectivity index (χ0) is 14.4. The van der Waals surface area contributed by atoms with Gasteiger partial charge in [-0.05, 0) is 43.2 Å². The second kappa shape index (κ2) is 6.80. The van der Waals surface area contributed by atoms with Crippen molar-refractivity contribution in [1.29, 1.82) is 0 Å². The lowest BCUT2D eigenvalue weighted by Gasteiger charge is -2.12. The molecule has 0 saturated heterocycles. The Morgan fingerprint density at radius 2 is 2.05 bits per heavy atom. The molecule has 0 spiro atoms. The normalized spacial score (nSPS) is 11.9. The zero-order valence-electron chi connectivity index (χ0n) is 11.8. The van der Waals surface area contributed by atoms with Crippen LogP contribution < -0.4 is 10.1 Å². The molecule has 2 aromatic rings. The van der Waals surface area contributed by atoms with Crippen LogP contribution in [0.1, 0.15) is 31.2 Å². The van der Waals surface area contributed by atoms with E-state index in [4.69, 9.17) is 9.15 Å². The van der Waals surface area contributed by atoms with Gasteiger partial charge >= 0.3 is 0 Å². The molecule has 1 aromatic carbocycles. The van der Waals surface area contributed by atoms with E-state index in [-0.39, 0.29) is 18.6 Å². The summed E-state index contributed by atoms with van der Waals surface area (Å²) in [4.78, 5) is 11.8. The van der Waals surface area contributed by atoms with Crippen LogP contribution in [0.15, 0.2) is 47.1 Å². The van der Waals surface area contributed by atoms with Crippen molar-refractivity contribution in [3.63, 3.8) is 0 Å². The third-order valence-electron chi connectivity index (χ3n) is 3.05. The summed E-state index contributed by atoms with van der Waals surface area (Å²) >= 11 is 0. The van der Waals surface area contributed by atoms with E-state index < -0.39 is 0 Å². The molecule has 1 heterocycles. The predicted molar refractivity (Wildman–Crippen MR) is 76.6 cm³/mol. The number of carbonyl (C=O) groups excluding carboxylic acids is 1. The fraction of sp³-hybridized carbons (Fsp3) is 0.312. The van der Waals surface area contributed by atoms with E-state index in [1.807, 2.05) is 37.3 Å². The first-order valence-corrected chi connectivity index (χ1v) is 6.73. The highest BCUT2D eigenvalue weighted by atomic mass is 16.5. The van der Waals surface area contributed by atoms with Crippen LogP contribution in [0.2, 0.25) is 0 Å². The molecule has 1 N–H and O–H groups in total. The average Bonchev–Trinajstić information content (AvgIpc) is 3.00. The predicted octanol–water partition coefficient (Wildman–Crippen LogP) is 3.10. The lowest BCUT2D eigenvalue weighted by Crippen LogP contribution is -2.31. The fourth-order valence-electron chi connectivity index (χ4n) is 1.86. The van der Waals surface area contributed by atoms with Crippen LogP contribution in [0, 0.1) is 0 Å². The summed E-state index contributed by atoms with van der Waals surface area (Å²) in [5.74, 6) is 1.25. The lowest BCUT2D eigenvalue weighted by atomic mass is 10.2. The molecular formula is C16H19NO3. The average molecular weight is 273 g/mol. The van der Waals surface area contributed by atoms with Crippen LogP contribution in [0.4, 0.5) is 0 Å². The third kappa shape index (κ3) is 3.88. The number of hydrogen-bond acceptors (Lipinski definition) is 3. The summed E-state index contributed by atoms with van der Waals surface area (Å²) in [5, 5.41) is 2.82. The van der Waals surface area contributed by atoms with Crippen molar-refractivity contribution in [3.05, 3.63) is 54.0 Å². The van der Waals surface area contributed by atoms with Crippen LogP contribution in [-0.2, 0) is 11.2 Å². The van der Waals surface area contributed by atoms with Gasteiger partial charge in [-0.25, -0.2) is 0 Å². The minimum Gasteiger partial charge on any atom is -0.484 e. The van der Waals surface area contributed by atoms with Crippen molar-refractivity contribution in [2.24, 2.45) is 0 Å². The molecule has 106 valence electrons. The second-order valence-electron chi connectivity index (χ2n) is 4.59. The van der Waals surface area contributed by atoms with Crippen molar-refractivity contribution in [2.45, 2.75) is 26.3 Å². The number of rotatable bonds is 6. The fourth-order valence-corrected chi connectivity index (χ4v) is 1.86. The molecule has 0 aliphatic heterocycles. The van der Waals surface area contributed by atoms with Gasteiger partial charge in [-0.15, -0.1) is 0 Å². The quantitative estimate of drug-likeness (QED) is 0.880. The maximum Gasteiger partial charge on any atom is 0.258 e. The Hall–Kier alpha value is -2.23. The maximum absolute atomic E-state index is 11.8. The van der Waals surface area contributed by atoms with E-state index in [0.29, 0.717) is 5.75 Å². The van der Waals surface area contributed by atoms with E-state index in [1.54, 1.807) is 12.3 Å². The molecule has 0 unspecified atom stereocenters. The molecule has 4 heteroatoms. The van der Waals surface area contributed by atoms with E-state index in [9.17, 15) is 4.79 Å². The summed E-state index contributed by atoms with van der Waals surface area (Å²) < 4.78 is 10.7. The van der Waals surface area contributed by atoms with E-state index in [1.165, 1.54) is 5.56 Å². The number of furan rings is 1. The highest BCUT2D eigenvalue weighted by Crippen LogP contribution is 2.14. The Kier molecular flexibility index (Phi) is 4.82. The molecule has 20 heavy (non-hydrogen) atoms. The molecular weight excluding hydrogens is 254 g/mol. The monoisotopic (exact) mass is 273 g/mol. The number of nitrogens with one attached hydrogen (secondary N) is 1. The molecule has 0 aliphatic rings. The van der Waals surface area contributed by atoms with Gasteiger partial charge in [0.05, 0.1) is 12.3 Å². The smallest absolute Gasteiger partial charge is 0.258 e. The molecule has 1 amide bonds. The summed E-state index contributed by atoms with van der Waals surface area (Å²) in [6.07, 6.45) is 2.57. The van der Waals surface area contributed by atoms with Gasteiger partial charge in [0.25, 0.3) is 5.91 Å². The van der Waals surface area contributed by atoms with Gasteiger partial charge in [-0.2, -0.15) is 0 Å². The van der Waals surface area contributed by atoms with Gasteiger partial charge in [0.1, 0.15) is 11.5 Å². The van der Waals surface area contributed by atoms with Gasteiger partial charge < -0.3 is 14.5 Å². The Balaban J connectivity index is 1.79. The Morgan fingerprint density at radius 1 is 1.30 bits per heavy atom. The summed E-state index contributed by atoms with van der Waals surface area (Å²) in [6.45, 7) is 3.96. The molecule has 0 saturated carbocycles. The van der Waals surface area contributed by atoms with Crippen molar-refractivity contribution in [1.82, 2.24) is 5.32 Å². The van der Waals surface area contributed by atoms with Gasteiger partial charge in [0.2, 0.25) is 0 Å². The highest BCUT2D eigenvalue weighted by molar-refractivity contribution is 5.77. The van der Waals surface area contributed by atoms with Crippen molar-refractivity contribution in [3.8, 4) is 5.75 Å². The second-order valence-corrected chi connectivity index (χ2v) is 4.59. The Labute approximate surface area is 118 Å². The third-order valence-corrected chi connectivity index (χ3v) is 3.05. The maximum atomic E-state index is 11.8. The van der Waals surface area contributed by atoms with E-state index >= 15 is 0 Å². The number of carbonyl (C=O) groups is 1. The Morgan fingerprint density at radius 3 is 2.65 bits per heavy atom. The van der Waals surface area contributed by atoms with Crippen LogP contribution in [0.5, 0.6) is 5.75 Å². The number of ether oxygens (including phenoxy) is 1. The first kappa shape index (κ1) is 14.2. The molecule has 0 aliphatic carbocycles. The lowest BCUT2D eigenvalue weighted by molar-refractivity contribution is -0.123.